The van der Waals surface area contributed by atoms with Crippen LogP contribution in [0.1, 0.15) is 30.0 Å². The highest BCUT2D eigenvalue weighted by Crippen LogP contribution is 2.21. The van der Waals surface area contributed by atoms with E-state index in [1.807, 2.05) is 38.1 Å². The van der Waals surface area contributed by atoms with Crippen molar-refractivity contribution in [3.05, 3.63) is 91.9 Å². The minimum atomic E-state index is -0.510. The topological polar surface area (TPSA) is 85.8 Å². The van der Waals surface area contributed by atoms with Gasteiger partial charge >= 0.3 is 5.69 Å². The van der Waals surface area contributed by atoms with Crippen LogP contribution in [0, 0.1) is 25.6 Å². The number of aliphatic hydroxyl groups excluding tert-OH is 1. The molecular weight excluding hydrogens is 437 g/mol. The molecular formula is C26H30FN3O4. The maximum atomic E-state index is 13.3. The lowest BCUT2D eigenvalue weighted by molar-refractivity contribution is 0.277. The number of hydrogen-bond acceptors (Lipinski definition) is 5. The number of rotatable bonds is 8. The van der Waals surface area contributed by atoms with Gasteiger partial charge in [0.25, 0.3) is 5.56 Å². The number of ether oxygens (including phenoxy) is 1. The molecule has 0 aliphatic carbocycles. The van der Waals surface area contributed by atoms with E-state index in [4.69, 9.17) is 9.84 Å². The quantitative estimate of drug-likeness (QED) is 0.405. The number of halogens is 1. The summed E-state index contributed by atoms with van der Waals surface area (Å²) >= 11 is 0. The first-order valence-electron chi connectivity index (χ1n) is 11.2. The second kappa shape index (κ2) is 11.1. The molecule has 0 aliphatic heterocycles. The van der Waals surface area contributed by atoms with Crippen LogP contribution in [0.3, 0.4) is 0 Å². The molecule has 0 fully saturated rings. The summed E-state index contributed by atoms with van der Waals surface area (Å²) in [5.74, 6) is 0.582. The van der Waals surface area contributed by atoms with Gasteiger partial charge < -0.3 is 9.84 Å². The van der Waals surface area contributed by atoms with Crippen molar-refractivity contribution in [2.75, 3.05) is 6.61 Å². The van der Waals surface area contributed by atoms with E-state index >= 15 is 0 Å². The van der Waals surface area contributed by atoms with Gasteiger partial charge in [0.1, 0.15) is 17.4 Å². The highest BCUT2D eigenvalue weighted by molar-refractivity contribution is 5.83. The Morgan fingerprint density at radius 3 is 2.50 bits per heavy atom. The van der Waals surface area contributed by atoms with Crippen LogP contribution in [0.4, 0.5) is 10.2 Å². The molecule has 2 aromatic carbocycles. The Balaban J connectivity index is 2.08. The number of benzene rings is 2. The SMILES string of the molecule is Cc1cccc(OC(=Nc2c(C)c(=O)n(CCCO)c(=O)n2C)C(C)Cc2ccc(F)cc2)c1. The second-order valence-corrected chi connectivity index (χ2v) is 8.42. The average molecular weight is 468 g/mol. The molecule has 3 rings (SSSR count). The Kier molecular flexibility index (Phi) is 8.17. The van der Waals surface area contributed by atoms with Crippen LogP contribution >= 0.6 is 0 Å². The van der Waals surface area contributed by atoms with Crippen molar-refractivity contribution >= 4 is 11.7 Å². The lowest BCUT2D eigenvalue weighted by Crippen LogP contribution is -2.40. The zero-order chi connectivity index (χ0) is 24.8. The van der Waals surface area contributed by atoms with Crippen LogP contribution in [-0.2, 0) is 20.0 Å². The van der Waals surface area contributed by atoms with Gasteiger partial charge in [0.15, 0.2) is 5.90 Å². The highest BCUT2D eigenvalue weighted by Gasteiger charge is 2.19. The van der Waals surface area contributed by atoms with Gasteiger partial charge in [0.05, 0.1) is 5.56 Å². The van der Waals surface area contributed by atoms with Gasteiger partial charge in [0.2, 0.25) is 0 Å². The number of aliphatic hydroxyl groups is 1. The molecule has 1 atom stereocenters. The first kappa shape index (κ1) is 25.1. The van der Waals surface area contributed by atoms with Crippen LogP contribution in [0.25, 0.3) is 0 Å². The molecule has 1 N–H and O–H groups in total. The van der Waals surface area contributed by atoms with Crippen molar-refractivity contribution < 1.29 is 14.2 Å². The number of aromatic nitrogens is 2. The number of nitrogens with zero attached hydrogens (tertiary/aromatic N) is 3. The van der Waals surface area contributed by atoms with E-state index in [1.54, 1.807) is 26.1 Å². The molecule has 0 saturated heterocycles. The molecule has 3 aromatic rings. The lowest BCUT2D eigenvalue weighted by Gasteiger charge is -2.18. The van der Waals surface area contributed by atoms with E-state index in [-0.39, 0.29) is 30.7 Å². The molecule has 34 heavy (non-hydrogen) atoms. The molecule has 0 radical (unpaired) electrons. The van der Waals surface area contributed by atoms with Gasteiger partial charge in [0, 0.05) is 26.1 Å². The first-order valence-corrected chi connectivity index (χ1v) is 11.2. The predicted molar refractivity (Wildman–Crippen MR) is 131 cm³/mol. The van der Waals surface area contributed by atoms with E-state index in [1.165, 1.54) is 16.7 Å². The molecule has 1 heterocycles. The summed E-state index contributed by atoms with van der Waals surface area (Å²) in [5.41, 5.74) is 1.26. The van der Waals surface area contributed by atoms with Crippen LogP contribution in [0.5, 0.6) is 5.75 Å². The van der Waals surface area contributed by atoms with E-state index in [9.17, 15) is 14.0 Å². The zero-order valence-corrected chi connectivity index (χ0v) is 19.9. The summed E-state index contributed by atoms with van der Waals surface area (Å²) in [5, 5.41) is 9.10. The fourth-order valence-electron chi connectivity index (χ4n) is 3.69. The van der Waals surface area contributed by atoms with Crippen LogP contribution in [0.2, 0.25) is 0 Å². The summed E-state index contributed by atoms with van der Waals surface area (Å²) in [6.45, 7) is 5.49. The summed E-state index contributed by atoms with van der Waals surface area (Å²) in [7, 11) is 1.55. The normalized spacial score (nSPS) is 12.6. The predicted octanol–water partition coefficient (Wildman–Crippen LogP) is 3.67. The van der Waals surface area contributed by atoms with Gasteiger partial charge in [-0.25, -0.2) is 9.18 Å². The average Bonchev–Trinajstić information content (AvgIpc) is 2.81. The Morgan fingerprint density at radius 2 is 1.85 bits per heavy atom. The van der Waals surface area contributed by atoms with Crippen molar-refractivity contribution in [2.45, 2.75) is 40.2 Å². The van der Waals surface area contributed by atoms with Gasteiger partial charge in [-0.15, -0.1) is 0 Å². The molecule has 7 nitrogen and oxygen atoms in total. The van der Waals surface area contributed by atoms with Gasteiger partial charge in [-0.2, -0.15) is 4.99 Å². The molecule has 0 spiro atoms. The van der Waals surface area contributed by atoms with Gasteiger partial charge in [-0.1, -0.05) is 31.2 Å². The molecule has 180 valence electrons. The van der Waals surface area contributed by atoms with Gasteiger partial charge in [-0.05, 0) is 62.1 Å². The lowest BCUT2D eigenvalue weighted by atomic mass is 10.0. The van der Waals surface area contributed by atoms with Crippen molar-refractivity contribution in [3.63, 3.8) is 0 Å². The Morgan fingerprint density at radius 1 is 1.15 bits per heavy atom. The van der Waals surface area contributed by atoms with Crippen molar-refractivity contribution in [3.8, 4) is 5.75 Å². The fraction of sp³-hybridized carbons (Fsp3) is 0.346. The Hall–Kier alpha value is -3.52. The molecule has 1 unspecified atom stereocenters. The molecule has 0 amide bonds. The van der Waals surface area contributed by atoms with Crippen LogP contribution in [0.15, 0.2) is 63.1 Å². The van der Waals surface area contributed by atoms with Crippen molar-refractivity contribution in [2.24, 2.45) is 18.0 Å². The standard InChI is InChI=1S/C26H30FN3O4/c1-17-7-5-8-22(15-17)34-24(18(2)16-20-9-11-21(27)12-10-20)28-23-19(3)25(32)30(13-6-14-31)26(33)29(23)4/h5,7-12,15,18,31H,6,13-14,16H2,1-4H3. The number of hydrogen-bond donors (Lipinski definition) is 1. The van der Waals surface area contributed by atoms with Gasteiger partial charge in [-0.3, -0.25) is 13.9 Å². The van der Waals surface area contributed by atoms with Crippen LogP contribution in [-0.4, -0.2) is 26.7 Å². The van der Waals surface area contributed by atoms with E-state index in [0.29, 0.717) is 30.1 Å². The Labute approximate surface area is 197 Å². The largest absolute Gasteiger partial charge is 0.443 e. The third kappa shape index (κ3) is 5.88. The number of aliphatic imine (C=N–C) groups is 1. The third-order valence-electron chi connectivity index (χ3n) is 5.58. The monoisotopic (exact) mass is 467 g/mol. The van der Waals surface area contributed by atoms with E-state index < -0.39 is 11.2 Å². The van der Waals surface area contributed by atoms with Crippen LogP contribution < -0.4 is 16.0 Å². The summed E-state index contributed by atoms with van der Waals surface area (Å²) in [6, 6.07) is 13.7. The molecule has 0 aliphatic rings. The van der Waals surface area contributed by atoms with Crippen molar-refractivity contribution in [1.82, 2.24) is 9.13 Å². The summed E-state index contributed by atoms with van der Waals surface area (Å²) in [4.78, 5) is 30.4. The molecule has 0 bridgehead atoms. The maximum absolute atomic E-state index is 13.3. The number of aryl methyl sites for hydroxylation is 1. The molecule has 1 aromatic heterocycles. The summed E-state index contributed by atoms with van der Waals surface area (Å²) < 4.78 is 21.9. The maximum Gasteiger partial charge on any atom is 0.332 e. The third-order valence-corrected chi connectivity index (χ3v) is 5.58. The van der Waals surface area contributed by atoms with Crippen molar-refractivity contribution in [1.29, 1.82) is 0 Å². The highest BCUT2D eigenvalue weighted by atomic mass is 19.1. The molecule has 0 saturated carbocycles. The second-order valence-electron chi connectivity index (χ2n) is 8.42. The zero-order valence-electron chi connectivity index (χ0n) is 19.9. The summed E-state index contributed by atoms with van der Waals surface area (Å²) in [6.07, 6.45) is 0.819. The fourth-order valence-corrected chi connectivity index (χ4v) is 3.69. The van der Waals surface area contributed by atoms with E-state index in [2.05, 4.69) is 4.99 Å². The minimum absolute atomic E-state index is 0.121. The Bertz CT molecular complexity index is 1260. The molecule has 8 heteroatoms. The first-order chi connectivity index (χ1) is 16.2. The smallest absolute Gasteiger partial charge is 0.332 e. The van der Waals surface area contributed by atoms with E-state index in [0.717, 1.165) is 15.7 Å². The minimum Gasteiger partial charge on any atom is -0.443 e.